The third-order valence-electron chi connectivity index (χ3n) is 4.29. The third kappa shape index (κ3) is 3.46. The lowest BCUT2D eigenvalue weighted by Gasteiger charge is -2.06. The van der Waals surface area contributed by atoms with Crippen LogP contribution in [0.15, 0.2) is 61.1 Å². The molecule has 0 saturated heterocycles. The zero-order valence-corrected chi connectivity index (χ0v) is 14.1. The number of fused-ring (bicyclic) bond motifs is 1. The number of aryl methyl sites for hydroxylation is 1. The quantitative estimate of drug-likeness (QED) is 0.561. The van der Waals surface area contributed by atoms with E-state index < -0.39 is 0 Å². The van der Waals surface area contributed by atoms with Gasteiger partial charge in [-0.1, -0.05) is 18.2 Å². The van der Waals surface area contributed by atoms with E-state index in [0.29, 0.717) is 6.42 Å². The maximum atomic E-state index is 12.2. The SMILES string of the molecule is O=C(CCCc1c[nH]c2ccccc12)Nc1ccc(-n2cnnn2)cc1. The minimum absolute atomic E-state index is 0.0139. The van der Waals surface area contributed by atoms with Gasteiger partial charge < -0.3 is 10.3 Å². The molecule has 1 amide bonds. The van der Waals surface area contributed by atoms with Crippen LogP contribution < -0.4 is 5.32 Å². The molecule has 2 aromatic carbocycles. The van der Waals surface area contributed by atoms with Crippen molar-refractivity contribution in [1.82, 2.24) is 25.2 Å². The van der Waals surface area contributed by atoms with Gasteiger partial charge in [0.2, 0.25) is 5.91 Å². The van der Waals surface area contributed by atoms with Gasteiger partial charge in [0, 0.05) is 29.2 Å². The van der Waals surface area contributed by atoms with Crippen LogP contribution in [0.2, 0.25) is 0 Å². The van der Waals surface area contributed by atoms with E-state index in [0.717, 1.165) is 29.7 Å². The Bertz CT molecular complexity index is 1000. The van der Waals surface area contributed by atoms with Gasteiger partial charge in [-0.05, 0) is 59.2 Å². The van der Waals surface area contributed by atoms with Crippen LogP contribution in [0.1, 0.15) is 18.4 Å². The second-order valence-corrected chi connectivity index (χ2v) is 6.06. The van der Waals surface area contributed by atoms with Gasteiger partial charge in [-0.3, -0.25) is 4.79 Å². The summed E-state index contributed by atoms with van der Waals surface area (Å²) in [5.41, 5.74) is 3.99. The number of nitrogens with one attached hydrogen (secondary N) is 2. The summed E-state index contributed by atoms with van der Waals surface area (Å²) in [6.45, 7) is 0. The molecule has 0 aliphatic heterocycles. The van der Waals surface area contributed by atoms with Crippen molar-refractivity contribution in [2.75, 3.05) is 5.32 Å². The summed E-state index contributed by atoms with van der Waals surface area (Å²) in [6.07, 6.45) is 5.71. The fourth-order valence-electron chi connectivity index (χ4n) is 2.98. The summed E-state index contributed by atoms with van der Waals surface area (Å²) in [7, 11) is 0. The molecule has 7 nitrogen and oxygen atoms in total. The lowest BCUT2D eigenvalue weighted by molar-refractivity contribution is -0.116. The number of hydrogen-bond donors (Lipinski definition) is 2. The molecule has 0 saturated carbocycles. The number of carbonyl (C=O) groups excluding carboxylic acids is 1. The van der Waals surface area contributed by atoms with Gasteiger partial charge in [0.25, 0.3) is 0 Å². The number of rotatable bonds is 6. The summed E-state index contributed by atoms with van der Waals surface area (Å²) < 4.78 is 1.56. The highest BCUT2D eigenvalue weighted by Gasteiger charge is 2.06. The smallest absolute Gasteiger partial charge is 0.224 e. The molecule has 2 heterocycles. The Labute approximate surface area is 150 Å². The standard InChI is InChI=1S/C19H18N6O/c26-19(7-3-4-14-12-20-18-6-2-1-5-17(14)18)22-15-8-10-16(11-9-15)25-13-21-23-24-25/h1-2,5-6,8-13,20H,3-4,7H2,(H,22,26). The van der Waals surface area contributed by atoms with E-state index in [2.05, 4.69) is 38.0 Å². The van der Waals surface area contributed by atoms with Crippen LogP contribution in [0, 0.1) is 0 Å². The second-order valence-electron chi connectivity index (χ2n) is 6.06. The van der Waals surface area contributed by atoms with E-state index >= 15 is 0 Å². The highest BCUT2D eigenvalue weighted by molar-refractivity contribution is 5.90. The van der Waals surface area contributed by atoms with Crippen molar-refractivity contribution in [2.45, 2.75) is 19.3 Å². The Kier molecular flexibility index (Phi) is 4.42. The van der Waals surface area contributed by atoms with E-state index in [-0.39, 0.29) is 5.91 Å². The van der Waals surface area contributed by atoms with Crippen LogP contribution in [0.25, 0.3) is 16.6 Å². The lowest BCUT2D eigenvalue weighted by atomic mass is 10.1. The number of hydrogen-bond acceptors (Lipinski definition) is 4. The zero-order chi connectivity index (χ0) is 17.8. The first-order chi connectivity index (χ1) is 12.8. The van der Waals surface area contributed by atoms with Crippen LogP contribution in [0.5, 0.6) is 0 Å². The molecule has 0 bridgehead atoms. The number of anilines is 1. The second kappa shape index (κ2) is 7.18. The maximum absolute atomic E-state index is 12.2. The van der Waals surface area contributed by atoms with E-state index in [1.165, 1.54) is 17.3 Å². The summed E-state index contributed by atoms with van der Waals surface area (Å²) in [6, 6.07) is 15.6. The molecular formula is C19H18N6O. The third-order valence-corrected chi connectivity index (χ3v) is 4.29. The van der Waals surface area contributed by atoms with Crippen molar-refractivity contribution in [3.63, 3.8) is 0 Å². The van der Waals surface area contributed by atoms with Crippen LogP contribution in [0.3, 0.4) is 0 Å². The molecule has 0 radical (unpaired) electrons. The molecule has 2 N–H and O–H groups in total. The molecule has 130 valence electrons. The molecule has 0 atom stereocenters. The molecule has 0 aliphatic rings. The number of tetrazole rings is 1. The number of para-hydroxylation sites is 1. The summed E-state index contributed by atoms with van der Waals surface area (Å²) in [5, 5.41) is 15.2. The van der Waals surface area contributed by atoms with Gasteiger partial charge in [0.1, 0.15) is 6.33 Å². The number of aromatic nitrogens is 5. The molecule has 0 fully saturated rings. The Hall–Kier alpha value is -3.48. The predicted molar refractivity (Wildman–Crippen MR) is 99.0 cm³/mol. The fraction of sp³-hybridized carbons (Fsp3) is 0.158. The molecule has 0 unspecified atom stereocenters. The molecule has 7 heteroatoms. The molecule has 26 heavy (non-hydrogen) atoms. The van der Waals surface area contributed by atoms with Crippen molar-refractivity contribution in [2.24, 2.45) is 0 Å². The average Bonchev–Trinajstić information content (AvgIpc) is 3.33. The van der Waals surface area contributed by atoms with Crippen molar-refractivity contribution in [1.29, 1.82) is 0 Å². The van der Waals surface area contributed by atoms with Crippen LogP contribution in [-0.4, -0.2) is 31.1 Å². The van der Waals surface area contributed by atoms with Gasteiger partial charge in [-0.25, -0.2) is 4.68 Å². The number of amides is 1. The number of H-pyrrole nitrogens is 1. The topological polar surface area (TPSA) is 88.5 Å². The monoisotopic (exact) mass is 346 g/mol. The summed E-state index contributed by atoms with van der Waals surface area (Å²) in [4.78, 5) is 15.4. The lowest BCUT2D eigenvalue weighted by Crippen LogP contribution is -2.11. The summed E-state index contributed by atoms with van der Waals surface area (Å²) in [5.74, 6) is 0.0139. The van der Waals surface area contributed by atoms with E-state index in [9.17, 15) is 4.79 Å². The van der Waals surface area contributed by atoms with Crippen molar-refractivity contribution in [3.8, 4) is 5.69 Å². The Morgan fingerprint density at radius 2 is 1.96 bits per heavy atom. The number of benzene rings is 2. The molecule has 4 aromatic rings. The zero-order valence-electron chi connectivity index (χ0n) is 14.1. The maximum Gasteiger partial charge on any atom is 0.224 e. The van der Waals surface area contributed by atoms with E-state index in [4.69, 9.17) is 0 Å². The normalized spacial score (nSPS) is 10.9. The van der Waals surface area contributed by atoms with Crippen LogP contribution >= 0.6 is 0 Å². The first-order valence-electron chi connectivity index (χ1n) is 8.48. The average molecular weight is 346 g/mol. The predicted octanol–water partition coefficient (Wildman–Crippen LogP) is 3.11. The molecular weight excluding hydrogens is 328 g/mol. The highest BCUT2D eigenvalue weighted by atomic mass is 16.1. The molecule has 2 aromatic heterocycles. The van der Waals surface area contributed by atoms with Gasteiger partial charge in [-0.15, -0.1) is 5.10 Å². The van der Waals surface area contributed by atoms with Crippen LogP contribution in [0.4, 0.5) is 5.69 Å². The minimum Gasteiger partial charge on any atom is -0.361 e. The first kappa shape index (κ1) is 16.0. The van der Waals surface area contributed by atoms with Gasteiger partial charge >= 0.3 is 0 Å². The molecule has 4 rings (SSSR count). The number of nitrogens with zero attached hydrogens (tertiary/aromatic N) is 4. The molecule has 0 aliphatic carbocycles. The van der Waals surface area contributed by atoms with Gasteiger partial charge in [0.05, 0.1) is 5.69 Å². The van der Waals surface area contributed by atoms with Crippen molar-refractivity contribution in [3.05, 3.63) is 66.6 Å². The fourth-order valence-corrected chi connectivity index (χ4v) is 2.98. The summed E-state index contributed by atoms with van der Waals surface area (Å²) >= 11 is 0. The Morgan fingerprint density at radius 1 is 1.12 bits per heavy atom. The number of aromatic amines is 1. The highest BCUT2D eigenvalue weighted by Crippen LogP contribution is 2.19. The van der Waals surface area contributed by atoms with Crippen LogP contribution in [-0.2, 0) is 11.2 Å². The largest absolute Gasteiger partial charge is 0.361 e. The number of carbonyl (C=O) groups is 1. The van der Waals surface area contributed by atoms with Gasteiger partial charge in [0.15, 0.2) is 0 Å². The first-order valence-corrected chi connectivity index (χ1v) is 8.48. The van der Waals surface area contributed by atoms with E-state index in [1.54, 1.807) is 4.68 Å². The Morgan fingerprint density at radius 3 is 2.77 bits per heavy atom. The van der Waals surface area contributed by atoms with Crippen molar-refractivity contribution < 1.29 is 4.79 Å². The van der Waals surface area contributed by atoms with E-state index in [1.807, 2.05) is 42.6 Å². The Balaban J connectivity index is 1.30. The minimum atomic E-state index is 0.0139. The van der Waals surface area contributed by atoms with Gasteiger partial charge in [-0.2, -0.15) is 0 Å². The molecule has 0 spiro atoms. The van der Waals surface area contributed by atoms with Crippen molar-refractivity contribution >= 4 is 22.5 Å².